The Hall–Kier alpha value is -2.61. The van der Waals surface area contributed by atoms with E-state index in [-0.39, 0.29) is 21.2 Å². The van der Waals surface area contributed by atoms with Gasteiger partial charge in [-0.15, -0.1) is 0 Å². The summed E-state index contributed by atoms with van der Waals surface area (Å²) < 4.78 is 40.5. The lowest BCUT2D eigenvalue weighted by molar-refractivity contribution is 0.102. The van der Waals surface area contributed by atoms with Gasteiger partial charge in [0.2, 0.25) is 0 Å². The first-order chi connectivity index (χ1) is 13.2. The third-order valence-corrected chi connectivity index (χ3v) is 5.65. The number of benzene rings is 3. The Labute approximate surface area is 171 Å². The largest absolute Gasteiger partial charge is 0.322 e. The molecule has 0 bridgehead atoms. The topological polar surface area (TPSA) is 75.3 Å². The highest BCUT2D eigenvalue weighted by Gasteiger charge is 2.19. The standard InChI is InChI=1S/C19H13Cl2FN2O3S/c20-12-1-5-14(6-2-12)23-19(25)17-11-16(9-10-18(17)21)28(26,27)24-15-7-3-13(22)4-8-15/h1-11,24H,(H,23,25). The van der Waals surface area contributed by atoms with E-state index in [1.807, 2.05) is 0 Å². The van der Waals surface area contributed by atoms with E-state index in [9.17, 15) is 17.6 Å². The first-order valence-corrected chi connectivity index (χ1v) is 10.1. The zero-order valence-electron chi connectivity index (χ0n) is 14.1. The van der Waals surface area contributed by atoms with Crippen LogP contribution in [0.15, 0.2) is 71.6 Å². The average Bonchev–Trinajstić information content (AvgIpc) is 2.65. The van der Waals surface area contributed by atoms with Crippen LogP contribution in [0, 0.1) is 5.82 Å². The SMILES string of the molecule is O=C(Nc1ccc(Cl)cc1)c1cc(S(=O)(=O)Nc2ccc(F)cc2)ccc1Cl. The maximum absolute atomic E-state index is 13.0. The first kappa shape index (κ1) is 20.1. The molecule has 3 aromatic rings. The quantitative estimate of drug-likeness (QED) is 0.575. The minimum absolute atomic E-state index is 0.0152. The van der Waals surface area contributed by atoms with Gasteiger partial charge in [-0.2, -0.15) is 0 Å². The van der Waals surface area contributed by atoms with Crippen molar-refractivity contribution in [2.24, 2.45) is 0 Å². The average molecular weight is 439 g/mol. The highest BCUT2D eigenvalue weighted by atomic mass is 35.5. The second-order valence-corrected chi connectivity index (χ2v) is 8.24. The Morgan fingerprint density at radius 3 is 2.11 bits per heavy atom. The van der Waals surface area contributed by atoms with Gasteiger partial charge in [0.15, 0.2) is 0 Å². The van der Waals surface area contributed by atoms with Crippen LogP contribution >= 0.6 is 23.2 Å². The molecule has 0 aliphatic rings. The molecule has 0 saturated carbocycles. The summed E-state index contributed by atoms with van der Waals surface area (Å²) in [5.41, 5.74) is 0.644. The summed E-state index contributed by atoms with van der Waals surface area (Å²) in [5, 5.41) is 3.22. The van der Waals surface area contributed by atoms with Gasteiger partial charge >= 0.3 is 0 Å². The van der Waals surface area contributed by atoms with Crippen LogP contribution in [0.3, 0.4) is 0 Å². The monoisotopic (exact) mass is 438 g/mol. The van der Waals surface area contributed by atoms with Gasteiger partial charge in [-0.25, -0.2) is 12.8 Å². The van der Waals surface area contributed by atoms with Crippen LogP contribution in [-0.4, -0.2) is 14.3 Å². The lowest BCUT2D eigenvalue weighted by atomic mass is 10.2. The van der Waals surface area contributed by atoms with E-state index in [4.69, 9.17) is 23.2 Å². The van der Waals surface area contributed by atoms with E-state index in [0.717, 1.165) is 12.1 Å². The maximum Gasteiger partial charge on any atom is 0.261 e. The van der Waals surface area contributed by atoms with Gasteiger partial charge in [-0.1, -0.05) is 23.2 Å². The molecule has 0 heterocycles. The third kappa shape index (κ3) is 4.81. The summed E-state index contributed by atoms with van der Waals surface area (Å²) in [5.74, 6) is -1.07. The van der Waals surface area contributed by atoms with Crippen molar-refractivity contribution in [2.75, 3.05) is 10.0 Å². The van der Waals surface area contributed by atoms with E-state index < -0.39 is 21.7 Å². The number of carbonyl (C=O) groups is 1. The van der Waals surface area contributed by atoms with Crippen molar-refractivity contribution >= 4 is 50.5 Å². The Bertz CT molecular complexity index is 1120. The first-order valence-electron chi connectivity index (χ1n) is 7.89. The van der Waals surface area contributed by atoms with Crippen molar-refractivity contribution in [1.29, 1.82) is 0 Å². The van der Waals surface area contributed by atoms with Crippen LogP contribution in [0.25, 0.3) is 0 Å². The van der Waals surface area contributed by atoms with Crippen LogP contribution < -0.4 is 10.0 Å². The predicted octanol–water partition coefficient (Wildman–Crippen LogP) is 5.19. The van der Waals surface area contributed by atoms with Crippen LogP contribution in [0.1, 0.15) is 10.4 Å². The number of rotatable bonds is 5. The van der Waals surface area contributed by atoms with Crippen LogP contribution in [0.4, 0.5) is 15.8 Å². The normalized spacial score (nSPS) is 11.1. The van der Waals surface area contributed by atoms with E-state index in [0.29, 0.717) is 10.7 Å². The molecule has 0 radical (unpaired) electrons. The Morgan fingerprint density at radius 1 is 0.857 bits per heavy atom. The minimum Gasteiger partial charge on any atom is -0.322 e. The van der Waals surface area contributed by atoms with Gasteiger partial charge in [-0.05, 0) is 66.7 Å². The van der Waals surface area contributed by atoms with Crippen molar-refractivity contribution in [3.63, 3.8) is 0 Å². The van der Waals surface area contributed by atoms with Crippen molar-refractivity contribution in [1.82, 2.24) is 0 Å². The van der Waals surface area contributed by atoms with Crippen molar-refractivity contribution in [3.05, 3.63) is 88.2 Å². The van der Waals surface area contributed by atoms with E-state index in [2.05, 4.69) is 10.0 Å². The number of carbonyl (C=O) groups excluding carboxylic acids is 1. The molecule has 0 fully saturated rings. The van der Waals surface area contributed by atoms with Crippen LogP contribution in [0.5, 0.6) is 0 Å². The zero-order valence-corrected chi connectivity index (χ0v) is 16.4. The number of anilines is 2. The van der Waals surface area contributed by atoms with Gasteiger partial charge in [-0.3, -0.25) is 9.52 Å². The van der Waals surface area contributed by atoms with Crippen molar-refractivity contribution in [3.8, 4) is 0 Å². The fourth-order valence-electron chi connectivity index (χ4n) is 2.31. The summed E-state index contributed by atoms with van der Waals surface area (Å²) in [6.07, 6.45) is 0. The Morgan fingerprint density at radius 2 is 1.46 bits per heavy atom. The predicted molar refractivity (Wildman–Crippen MR) is 108 cm³/mol. The highest BCUT2D eigenvalue weighted by Crippen LogP contribution is 2.24. The molecule has 5 nitrogen and oxygen atoms in total. The molecule has 0 aliphatic heterocycles. The molecule has 28 heavy (non-hydrogen) atoms. The number of hydrogen-bond donors (Lipinski definition) is 2. The zero-order chi connectivity index (χ0) is 20.3. The molecule has 3 aromatic carbocycles. The molecule has 2 N–H and O–H groups in total. The van der Waals surface area contributed by atoms with Crippen molar-refractivity contribution in [2.45, 2.75) is 4.90 Å². The number of sulfonamides is 1. The van der Waals surface area contributed by atoms with Gasteiger partial charge in [0.05, 0.1) is 15.5 Å². The van der Waals surface area contributed by atoms with Crippen molar-refractivity contribution < 1.29 is 17.6 Å². The molecule has 0 unspecified atom stereocenters. The maximum atomic E-state index is 13.0. The fourth-order valence-corrected chi connectivity index (χ4v) is 3.72. The second kappa shape index (κ2) is 8.18. The third-order valence-electron chi connectivity index (χ3n) is 3.69. The molecule has 1 amide bonds. The van der Waals surface area contributed by atoms with E-state index in [1.54, 1.807) is 24.3 Å². The lowest BCUT2D eigenvalue weighted by Crippen LogP contribution is -2.16. The molecule has 0 aliphatic carbocycles. The fraction of sp³-hybridized carbons (Fsp3) is 0. The number of halogens is 3. The highest BCUT2D eigenvalue weighted by molar-refractivity contribution is 7.92. The van der Waals surface area contributed by atoms with Gasteiger partial charge < -0.3 is 5.32 Å². The molecule has 0 spiro atoms. The molecule has 0 atom stereocenters. The van der Waals surface area contributed by atoms with Crippen LogP contribution in [-0.2, 0) is 10.0 Å². The number of hydrogen-bond acceptors (Lipinski definition) is 3. The minimum atomic E-state index is -4.01. The number of nitrogens with one attached hydrogen (secondary N) is 2. The summed E-state index contributed by atoms with van der Waals surface area (Å²) in [4.78, 5) is 12.3. The summed E-state index contributed by atoms with van der Waals surface area (Å²) in [6, 6.07) is 15.0. The lowest BCUT2D eigenvalue weighted by Gasteiger charge is -2.11. The second-order valence-electron chi connectivity index (χ2n) is 5.72. The Balaban J connectivity index is 1.86. The molecule has 144 valence electrons. The van der Waals surface area contributed by atoms with E-state index in [1.165, 1.54) is 30.3 Å². The van der Waals surface area contributed by atoms with Gasteiger partial charge in [0.25, 0.3) is 15.9 Å². The molecular weight excluding hydrogens is 426 g/mol. The van der Waals surface area contributed by atoms with Gasteiger partial charge in [0.1, 0.15) is 5.82 Å². The summed E-state index contributed by atoms with van der Waals surface area (Å²) in [6.45, 7) is 0. The molecule has 9 heteroatoms. The molecule has 3 rings (SSSR count). The molecular formula is C19H13Cl2FN2O3S. The van der Waals surface area contributed by atoms with E-state index >= 15 is 0 Å². The smallest absolute Gasteiger partial charge is 0.261 e. The molecule has 0 aromatic heterocycles. The number of amides is 1. The van der Waals surface area contributed by atoms with Gasteiger partial charge in [0, 0.05) is 16.4 Å². The Kier molecular flexibility index (Phi) is 5.88. The van der Waals surface area contributed by atoms with Crippen LogP contribution in [0.2, 0.25) is 10.0 Å². The summed E-state index contributed by atoms with van der Waals surface area (Å²) >= 11 is 11.9. The summed E-state index contributed by atoms with van der Waals surface area (Å²) in [7, 11) is -4.01. The molecule has 0 saturated heterocycles.